The minimum atomic E-state index is -0.357. The van der Waals surface area contributed by atoms with Gasteiger partial charge in [0.1, 0.15) is 11.5 Å². The molecule has 19 heavy (non-hydrogen) atoms. The molecule has 1 aliphatic carbocycles. The number of rotatable bonds is 3. The van der Waals surface area contributed by atoms with Crippen molar-refractivity contribution in [3.8, 4) is 11.5 Å². The normalized spacial score (nSPS) is 23.0. The fourth-order valence-corrected chi connectivity index (χ4v) is 2.48. The molecule has 1 amide bonds. The lowest BCUT2D eigenvalue weighted by molar-refractivity contribution is 0.0662. The van der Waals surface area contributed by atoms with E-state index in [1.54, 1.807) is 0 Å². The largest absolute Gasteiger partial charge is 0.508 e. The standard InChI is InChI=1S/C14H19NO4/c16-11-5-10(6-12(17)7-11)14(19)15-8-9-3-1-2-4-13(9)18/h5-7,9,13,16-18H,1-4,8H2,(H,15,19). The smallest absolute Gasteiger partial charge is 0.251 e. The summed E-state index contributed by atoms with van der Waals surface area (Å²) in [4.78, 5) is 11.9. The third-order valence-corrected chi connectivity index (χ3v) is 3.56. The highest BCUT2D eigenvalue weighted by Gasteiger charge is 2.23. The van der Waals surface area contributed by atoms with Gasteiger partial charge in [0.2, 0.25) is 0 Å². The molecular formula is C14H19NO4. The monoisotopic (exact) mass is 265 g/mol. The van der Waals surface area contributed by atoms with Crippen molar-refractivity contribution >= 4 is 5.91 Å². The number of aliphatic hydroxyl groups excluding tert-OH is 1. The minimum absolute atomic E-state index is 0.0867. The van der Waals surface area contributed by atoms with Crippen LogP contribution >= 0.6 is 0 Å². The summed E-state index contributed by atoms with van der Waals surface area (Å²) >= 11 is 0. The molecule has 0 saturated heterocycles. The first kappa shape index (κ1) is 13.7. The van der Waals surface area contributed by atoms with Gasteiger partial charge in [-0.25, -0.2) is 0 Å². The van der Waals surface area contributed by atoms with E-state index in [1.165, 1.54) is 18.2 Å². The van der Waals surface area contributed by atoms with Gasteiger partial charge in [-0.3, -0.25) is 4.79 Å². The number of aromatic hydroxyl groups is 2. The number of phenolic OH excluding ortho intramolecular Hbond substituents is 2. The van der Waals surface area contributed by atoms with E-state index >= 15 is 0 Å². The molecule has 0 bridgehead atoms. The summed E-state index contributed by atoms with van der Waals surface area (Å²) in [6.45, 7) is 0.413. The summed E-state index contributed by atoms with van der Waals surface area (Å²) in [7, 11) is 0. The molecular weight excluding hydrogens is 246 g/mol. The Bertz CT molecular complexity index is 441. The van der Waals surface area contributed by atoms with Crippen LogP contribution in [0.4, 0.5) is 0 Å². The van der Waals surface area contributed by atoms with Gasteiger partial charge in [0.15, 0.2) is 0 Å². The zero-order valence-electron chi connectivity index (χ0n) is 10.7. The van der Waals surface area contributed by atoms with Crippen LogP contribution in [-0.2, 0) is 0 Å². The Morgan fingerprint density at radius 1 is 1.16 bits per heavy atom. The van der Waals surface area contributed by atoms with Crippen LogP contribution in [-0.4, -0.2) is 33.9 Å². The van der Waals surface area contributed by atoms with Crippen LogP contribution in [0.3, 0.4) is 0 Å². The lowest BCUT2D eigenvalue weighted by Gasteiger charge is -2.27. The van der Waals surface area contributed by atoms with Crippen molar-refractivity contribution in [3.63, 3.8) is 0 Å². The number of nitrogens with one attached hydrogen (secondary N) is 1. The van der Waals surface area contributed by atoms with E-state index in [-0.39, 0.29) is 35.0 Å². The van der Waals surface area contributed by atoms with Crippen LogP contribution in [0, 0.1) is 5.92 Å². The molecule has 1 fully saturated rings. The average Bonchev–Trinajstić information content (AvgIpc) is 2.36. The van der Waals surface area contributed by atoms with Gasteiger partial charge >= 0.3 is 0 Å². The van der Waals surface area contributed by atoms with Crippen molar-refractivity contribution in [1.82, 2.24) is 5.32 Å². The second-order valence-electron chi connectivity index (χ2n) is 5.06. The van der Waals surface area contributed by atoms with Crippen molar-refractivity contribution in [3.05, 3.63) is 23.8 Å². The Balaban J connectivity index is 1.93. The molecule has 2 atom stereocenters. The van der Waals surface area contributed by atoms with Gasteiger partial charge in [-0.1, -0.05) is 12.8 Å². The Morgan fingerprint density at radius 3 is 2.42 bits per heavy atom. The van der Waals surface area contributed by atoms with Gasteiger partial charge in [0, 0.05) is 24.1 Å². The van der Waals surface area contributed by atoms with Crippen LogP contribution in [0.15, 0.2) is 18.2 Å². The van der Waals surface area contributed by atoms with Crippen LogP contribution in [0.2, 0.25) is 0 Å². The summed E-state index contributed by atoms with van der Waals surface area (Å²) in [5.41, 5.74) is 0.211. The molecule has 0 heterocycles. The van der Waals surface area contributed by atoms with Crippen molar-refractivity contribution in [2.75, 3.05) is 6.54 Å². The molecule has 5 nitrogen and oxygen atoms in total. The summed E-state index contributed by atoms with van der Waals surface area (Å²) in [6, 6.07) is 3.76. The van der Waals surface area contributed by atoms with Crippen molar-refractivity contribution in [2.24, 2.45) is 5.92 Å². The molecule has 2 unspecified atom stereocenters. The summed E-state index contributed by atoms with van der Waals surface area (Å²) in [6.07, 6.45) is 3.45. The lowest BCUT2D eigenvalue weighted by Crippen LogP contribution is -2.36. The number of hydrogen-bond donors (Lipinski definition) is 4. The van der Waals surface area contributed by atoms with Crippen LogP contribution in [0.25, 0.3) is 0 Å². The first-order valence-electron chi connectivity index (χ1n) is 6.55. The Labute approximate surface area is 111 Å². The molecule has 4 N–H and O–H groups in total. The maximum absolute atomic E-state index is 11.9. The van der Waals surface area contributed by atoms with Gasteiger partial charge in [0.05, 0.1) is 6.10 Å². The van der Waals surface area contributed by atoms with Crippen molar-refractivity contribution < 1.29 is 20.1 Å². The maximum Gasteiger partial charge on any atom is 0.251 e. The van der Waals surface area contributed by atoms with Gasteiger partial charge < -0.3 is 20.6 Å². The molecule has 2 rings (SSSR count). The number of carbonyl (C=O) groups is 1. The minimum Gasteiger partial charge on any atom is -0.508 e. The fourth-order valence-electron chi connectivity index (χ4n) is 2.48. The van der Waals surface area contributed by atoms with E-state index in [1.807, 2.05) is 0 Å². The molecule has 1 saturated carbocycles. The highest BCUT2D eigenvalue weighted by molar-refractivity contribution is 5.95. The van der Waals surface area contributed by atoms with E-state index in [4.69, 9.17) is 0 Å². The number of amides is 1. The quantitative estimate of drug-likeness (QED) is 0.664. The number of carbonyl (C=O) groups excluding carboxylic acids is 1. The van der Waals surface area contributed by atoms with E-state index in [0.29, 0.717) is 6.54 Å². The second-order valence-corrected chi connectivity index (χ2v) is 5.06. The second kappa shape index (κ2) is 5.93. The number of phenols is 2. The first-order chi connectivity index (χ1) is 9.06. The molecule has 5 heteroatoms. The first-order valence-corrected chi connectivity index (χ1v) is 6.55. The van der Waals surface area contributed by atoms with Gasteiger partial charge in [0.25, 0.3) is 5.91 Å². The lowest BCUT2D eigenvalue weighted by atomic mass is 9.86. The average molecular weight is 265 g/mol. The van der Waals surface area contributed by atoms with Crippen molar-refractivity contribution in [1.29, 1.82) is 0 Å². The molecule has 1 aromatic carbocycles. The van der Waals surface area contributed by atoms with Crippen molar-refractivity contribution in [2.45, 2.75) is 31.8 Å². The zero-order valence-corrected chi connectivity index (χ0v) is 10.7. The number of aliphatic hydroxyl groups is 1. The summed E-state index contributed by atoms with van der Waals surface area (Å²) < 4.78 is 0. The topological polar surface area (TPSA) is 89.8 Å². The Kier molecular flexibility index (Phi) is 4.27. The highest BCUT2D eigenvalue weighted by atomic mass is 16.3. The molecule has 104 valence electrons. The molecule has 0 aromatic heterocycles. The number of benzene rings is 1. The predicted octanol–water partition coefficient (Wildman–Crippen LogP) is 1.38. The summed E-state index contributed by atoms with van der Waals surface area (Å²) in [5.74, 6) is -0.571. The summed E-state index contributed by atoms with van der Waals surface area (Å²) in [5, 5.41) is 31.2. The van der Waals surface area contributed by atoms with Gasteiger partial charge in [-0.15, -0.1) is 0 Å². The molecule has 0 spiro atoms. The highest BCUT2D eigenvalue weighted by Crippen LogP contribution is 2.24. The third-order valence-electron chi connectivity index (χ3n) is 3.56. The predicted molar refractivity (Wildman–Crippen MR) is 70.1 cm³/mol. The molecule has 0 aliphatic heterocycles. The number of hydrogen-bond acceptors (Lipinski definition) is 4. The van der Waals surface area contributed by atoms with Crippen LogP contribution < -0.4 is 5.32 Å². The van der Waals surface area contributed by atoms with Gasteiger partial charge in [-0.05, 0) is 25.0 Å². The SMILES string of the molecule is O=C(NCC1CCCCC1O)c1cc(O)cc(O)c1. The van der Waals surface area contributed by atoms with Crippen LogP contribution in [0.5, 0.6) is 11.5 Å². The van der Waals surface area contributed by atoms with Gasteiger partial charge in [-0.2, -0.15) is 0 Å². The van der Waals surface area contributed by atoms with E-state index in [9.17, 15) is 20.1 Å². The Hall–Kier alpha value is -1.75. The van der Waals surface area contributed by atoms with E-state index < -0.39 is 0 Å². The molecule has 0 radical (unpaired) electrons. The molecule has 1 aromatic rings. The van der Waals surface area contributed by atoms with Crippen LogP contribution in [0.1, 0.15) is 36.0 Å². The van der Waals surface area contributed by atoms with E-state index in [0.717, 1.165) is 25.7 Å². The maximum atomic E-state index is 11.9. The van der Waals surface area contributed by atoms with E-state index in [2.05, 4.69) is 5.32 Å². The Morgan fingerprint density at radius 2 is 1.79 bits per heavy atom. The third kappa shape index (κ3) is 3.61. The fraction of sp³-hybridized carbons (Fsp3) is 0.500. The zero-order chi connectivity index (χ0) is 13.8. The molecule has 1 aliphatic rings.